The number of benzene rings is 2. The lowest BCUT2D eigenvalue weighted by atomic mass is 9.92. The van der Waals surface area contributed by atoms with Crippen molar-refractivity contribution >= 4 is 22.3 Å². The summed E-state index contributed by atoms with van der Waals surface area (Å²) in [5, 5.41) is 4.94. The van der Waals surface area contributed by atoms with Crippen LogP contribution in [0.15, 0.2) is 48.5 Å². The Balaban J connectivity index is 1.87. The maximum absolute atomic E-state index is 4.91. The topological polar surface area (TPSA) is 24.9 Å². The number of pyridine rings is 1. The van der Waals surface area contributed by atoms with E-state index in [1.807, 2.05) is 0 Å². The molecule has 0 spiro atoms. The van der Waals surface area contributed by atoms with Gasteiger partial charge in [-0.15, -0.1) is 0 Å². The van der Waals surface area contributed by atoms with Crippen LogP contribution < -0.4 is 5.32 Å². The highest BCUT2D eigenvalue weighted by Gasteiger charge is 2.18. The second-order valence-electron chi connectivity index (χ2n) is 6.32. The molecule has 0 bridgehead atoms. The van der Waals surface area contributed by atoms with Gasteiger partial charge in [-0.25, -0.2) is 0 Å². The van der Waals surface area contributed by atoms with E-state index in [2.05, 4.69) is 60.8 Å². The number of fused-ring (bicyclic) bond motifs is 2. The van der Waals surface area contributed by atoms with E-state index in [0.29, 0.717) is 0 Å². The van der Waals surface area contributed by atoms with Crippen molar-refractivity contribution in [3.63, 3.8) is 0 Å². The van der Waals surface area contributed by atoms with Gasteiger partial charge in [0.1, 0.15) is 0 Å². The fraction of sp³-hybridized carbons (Fsp3) is 0.286. The fourth-order valence-corrected chi connectivity index (χ4v) is 3.53. The van der Waals surface area contributed by atoms with E-state index in [1.54, 1.807) is 0 Å². The minimum absolute atomic E-state index is 1.06. The monoisotopic (exact) mass is 302 g/mol. The van der Waals surface area contributed by atoms with Crippen LogP contribution >= 0.6 is 0 Å². The van der Waals surface area contributed by atoms with E-state index in [9.17, 15) is 0 Å². The molecule has 0 saturated carbocycles. The molecular weight excluding hydrogens is 280 g/mol. The molecule has 2 heteroatoms. The van der Waals surface area contributed by atoms with Crippen molar-refractivity contribution in [2.75, 3.05) is 5.32 Å². The largest absolute Gasteiger partial charge is 0.355 e. The predicted octanol–water partition coefficient (Wildman–Crippen LogP) is 5.42. The van der Waals surface area contributed by atoms with Gasteiger partial charge in [0.25, 0.3) is 0 Å². The van der Waals surface area contributed by atoms with Crippen LogP contribution in [0.2, 0.25) is 0 Å². The first-order valence-electron chi connectivity index (χ1n) is 8.61. The Morgan fingerprint density at radius 2 is 1.87 bits per heavy atom. The van der Waals surface area contributed by atoms with E-state index in [-0.39, 0.29) is 0 Å². The number of nitrogens with one attached hydrogen (secondary N) is 1. The van der Waals surface area contributed by atoms with Crippen LogP contribution in [-0.2, 0) is 19.3 Å². The van der Waals surface area contributed by atoms with Crippen LogP contribution in [0, 0.1) is 0 Å². The van der Waals surface area contributed by atoms with Gasteiger partial charge in [0, 0.05) is 16.8 Å². The third kappa shape index (κ3) is 2.70. The number of aryl methyl sites for hydroxylation is 2. The van der Waals surface area contributed by atoms with Gasteiger partial charge in [-0.3, -0.25) is 4.98 Å². The molecule has 1 aliphatic carbocycles. The zero-order valence-corrected chi connectivity index (χ0v) is 13.6. The second kappa shape index (κ2) is 6.04. The summed E-state index contributed by atoms with van der Waals surface area (Å²) in [5.74, 6) is 0. The van der Waals surface area contributed by atoms with Crippen molar-refractivity contribution in [1.29, 1.82) is 0 Å². The predicted molar refractivity (Wildman–Crippen MR) is 97.5 cm³/mol. The number of anilines is 2. The third-order valence-electron chi connectivity index (χ3n) is 4.77. The summed E-state index contributed by atoms with van der Waals surface area (Å²) in [6.07, 6.45) is 5.80. The maximum atomic E-state index is 4.91. The molecule has 2 aromatic carbocycles. The van der Waals surface area contributed by atoms with Crippen LogP contribution in [0.3, 0.4) is 0 Å². The summed E-state index contributed by atoms with van der Waals surface area (Å²) >= 11 is 0. The highest BCUT2D eigenvalue weighted by Crippen LogP contribution is 2.35. The summed E-state index contributed by atoms with van der Waals surface area (Å²) in [7, 11) is 0. The highest BCUT2D eigenvalue weighted by atomic mass is 14.9. The van der Waals surface area contributed by atoms with Gasteiger partial charge in [0.05, 0.1) is 11.2 Å². The van der Waals surface area contributed by atoms with Gasteiger partial charge < -0.3 is 5.32 Å². The van der Waals surface area contributed by atoms with Gasteiger partial charge >= 0.3 is 0 Å². The third-order valence-corrected chi connectivity index (χ3v) is 4.77. The van der Waals surface area contributed by atoms with Crippen LogP contribution in [0.4, 0.5) is 11.4 Å². The Morgan fingerprint density at radius 3 is 2.78 bits per heavy atom. The summed E-state index contributed by atoms with van der Waals surface area (Å²) in [6.45, 7) is 2.20. The van der Waals surface area contributed by atoms with Gasteiger partial charge in [-0.05, 0) is 61.4 Å². The second-order valence-corrected chi connectivity index (χ2v) is 6.32. The molecule has 0 aliphatic heterocycles. The van der Waals surface area contributed by atoms with Gasteiger partial charge in [0.2, 0.25) is 0 Å². The molecule has 1 aliphatic rings. The molecule has 0 unspecified atom stereocenters. The van der Waals surface area contributed by atoms with Gasteiger partial charge in [0.15, 0.2) is 0 Å². The standard InChI is InChI=1S/C21H22N2/c1-2-15-8-7-9-16(14-15)22-21-17-10-3-5-12-19(17)23-20-13-6-4-11-18(20)21/h3,5,7-10,12,14H,2,4,6,11,13H2,1H3,(H,22,23). The van der Waals surface area contributed by atoms with E-state index >= 15 is 0 Å². The molecule has 0 saturated heterocycles. The fourth-order valence-electron chi connectivity index (χ4n) is 3.53. The van der Waals surface area contributed by atoms with Crippen molar-refractivity contribution < 1.29 is 0 Å². The molecule has 1 aromatic heterocycles. The Labute approximate surface area is 137 Å². The Hall–Kier alpha value is -2.35. The molecule has 2 nitrogen and oxygen atoms in total. The molecule has 0 amide bonds. The smallest absolute Gasteiger partial charge is 0.0726 e. The van der Waals surface area contributed by atoms with E-state index in [0.717, 1.165) is 24.8 Å². The number of hydrogen-bond acceptors (Lipinski definition) is 2. The molecule has 1 N–H and O–H groups in total. The van der Waals surface area contributed by atoms with Gasteiger partial charge in [-0.2, -0.15) is 0 Å². The lowest BCUT2D eigenvalue weighted by molar-refractivity contribution is 0.672. The van der Waals surface area contributed by atoms with Crippen molar-refractivity contribution in [3.05, 3.63) is 65.4 Å². The summed E-state index contributed by atoms with van der Waals surface area (Å²) in [5.41, 5.74) is 7.59. The molecule has 116 valence electrons. The van der Waals surface area contributed by atoms with Crippen molar-refractivity contribution in [2.24, 2.45) is 0 Å². The molecule has 0 atom stereocenters. The first-order chi connectivity index (χ1) is 11.3. The Morgan fingerprint density at radius 1 is 1.00 bits per heavy atom. The van der Waals surface area contributed by atoms with Gasteiger partial charge in [-0.1, -0.05) is 37.3 Å². The van der Waals surface area contributed by atoms with E-state index < -0.39 is 0 Å². The number of para-hydroxylation sites is 1. The summed E-state index contributed by atoms with van der Waals surface area (Å²) < 4.78 is 0. The Kier molecular flexibility index (Phi) is 3.74. The zero-order chi connectivity index (χ0) is 15.6. The maximum Gasteiger partial charge on any atom is 0.0726 e. The molecule has 4 rings (SSSR count). The van der Waals surface area contributed by atoms with Crippen molar-refractivity contribution in [2.45, 2.75) is 39.0 Å². The minimum atomic E-state index is 1.06. The van der Waals surface area contributed by atoms with Crippen LogP contribution in [0.1, 0.15) is 36.6 Å². The number of nitrogens with zero attached hydrogens (tertiary/aromatic N) is 1. The van der Waals surface area contributed by atoms with Crippen LogP contribution in [0.5, 0.6) is 0 Å². The SMILES string of the molecule is CCc1cccc(Nc2c3c(nc4ccccc24)CCCC3)c1. The average molecular weight is 302 g/mol. The lowest BCUT2D eigenvalue weighted by Gasteiger charge is -2.22. The average Bonchev–Trinajstić information content (AvgIpc) is 2.61. The minimum Gasteiger partial charge on any atom is -0.355 e. The molecule has 1 heterocycles. The first kappa shape index (κ1) is 14.3. The normalized spacial score (nSPS) is 13.8. The van der Waals surface area contributed by atoms with Crippen molar-refractivity contribution in [1.82, 2.24) is 4.98 Å². The van der Waals surface area contributed by atoms with E-state index in [4.69, 9.17) is 4.98 Å². The van der Waals surface area contributed by atoms with E-state index in [1.165, 1.54) is 46.4 Å². The molecule has 0 radical (unpaired) electrons. The highest BCUT2D eigenvalue weighted by molar-refractivity contribution is 5.95. The zero-order valence-electron chi connectivity index (χ0n) is 13.6. The number of hydrogen-bond donors (Lipinski definition) is 1. The lowest BCUT2D eigenvalue weighted by Crippen LogP contribution is -2.09. The summed E-state index contributed by atoms with van der Waals surface area (Å²) in [6, 6.07) is 17.2. The number of rotatable bonds is 3. The molecular formula is C21H22N2. The molecule has 0 fully saturated rings. The van der Waals surface area contributed by atoms with Crippen molar-refractivity contribution in [3.8, 4) is 0 Å². The van der Waals surface area contributed by atoms with Crippen LogP contribution in [0.25, 0.3) is 10.9 Å². The summed E-state index contributed by atoms with van der Waals surface area (Å²) in [4.78, 5) is 4.91. The first-order valence-corrected chi connectivity index (χ1v) is 8.61. The number of aromatic nitrogens is 1. The Bertz CT molecular complexity index is 852. The molecule has 3 aromatic rings. The quantitative estimate of drug-likeness (QED) is 0.698. The molecule has 23 heavy (non-hydrogen) atoms. The van der Waals surface area contributed by atoms with Crippen LogP contribution in [-0.4, -0.2) is 4.98 Å².